The fourth-order valence-electron chi connectivity index (χ4n) is 14.0. The number of rotatable bonds is 23. The number of phenols is 3. The summed E-state index contributed by atoms with van der Waals surface area (Å²) >= 11 is 16.8. The van der Waals surface area contributed by atoms with Gasteiger partial charge in [0.15, 0.2) is 29.0 Å². The summed E-state index contributed by atoms with van der Waals surface area (Å²) in [4.78, 5) is 142. The second kappa shape index (κ2) is 38.8. The van der Waals surface area contributed by atoms with Crippen molar-refractivity contribution in [3.63, 3.8) is 0 Å². The number of aliphatic carboxylic acids is 1. The van der Waals surface area contributed by atoms with Crippen LogP contribution in [0.4, 0.5) is 0 Å². The van der Waals surface area contributed by atoms with Gasteiger partial charge in [-0.1, -0.05) is 65.3 Å². The predicted molar refractivity (Wildman–Crippen MR) is 423 cm³/mol. The van der Waals surface area contributed by atoms with Crippen LogP contribution in [0.25, 0.3) is 11.1 Å². The number of aromatic hydroxyl groups is 3. The van der Waals surface area contributed by atoms with Gasteiger partial charge in [0, 0.05) is 48.4 Å². The zero-order chi connectivity index (χ0) is 86.2. The normalized spacial score (nSPS) is 26.6. The van der Waals surface area contributed by atoms with Gasteiger partial charge in [0.05, 0.1) is 47.9 Å². The lowest BCUT2D eigenvalue weighted by Gasteiger charge is -2.48. The number of fused-ring (bicyclic) bond motifs is 15. The highest BCUT2D eigenvalue weighted by Gasteiger charge is 2.52. The van der Waals surface area contributed by atoms with E-state index in [0.717, 1.165) is 72.3 Å². The second-order valence-electron chi connectivity index (χ2n) is 28.9. The van der Waals surface area contributed by atoms with Gasteiger partial charge in [0.2, 0.25) is 59.3 Å². The molecule has 2 fully saturated rings. The summed E-state index contributed by atoms with van der Waals surface area (Å²) in [5, 5.41) is 135. The first-order valence-corrected chi connectivity index (χ1v) is 40.3. The van der Waals surface area contributed by atoms with E-state index in [0.29, 0.717) is 30.3 Å². The smallest absolute Gasteiger partial charge is 0.322 e. The van der Waals surface area contributed by atoms with Crippen molar-refractivity contribution >= 4 is 105 Å². The van der Waals surface area contributed by atoms with Gasteiger partial charge in [-0.3, -0.25) is 47.9 Å². The lowest BCUT2D eigenvalue weighted by atomic mass is 9.84. The third-order valence-electron chi connectivity index (χ3n) is 20.2. The van der Waals surface area contributed by atoms with Crippen LogP contribution in [0.3, 0.4) is 0 Å². The number of carboxylic acid groups (broad SMARTS) is 1. The number of primary amides is 1. The van der Waals surface area contributed by atoms with Crippen molar-refractivity contribution in [3.8, 4) is 62.9 Å². The molecule has 7 aliphatic heterocycles. The molecule has 0 saturated carbocycles. The molecule has 18 atom stereocenters. The van der Waals surface area contributed by atoms with Crippen LogP contribution in [-0.4, -0.2) is 226 Å². The summed E-state index contributed by atoms with van der Waals surface area (Å²) < 4.78 is 45.4. The first kappa shape index (κ1) is 89.4. The van der Waals surface area contributed by atoms with E-state index in [1.165, 1.54) is 42.6 Å². The number of benzene rings is 6. The zero-order valence-corrected chi connectivity index (χ0v) is 67.0. The number of carbonyl (C=O) groups excluding carboxylic acids is 9. The summed E-state index contributed by atoms with van der Waals surface area (Å²) in [6, 6.07) is 5.74. The van der Waals surface area contributed by atoms with Gasteiger partial charge in [0.1, 0.15) is 108 Å². The minimum Gasteiger partial charge on any atom is -0.508 e. The van der Waals surface area contributed by atoms with Crippen LogP contribution in [0, 0.1) is 0 Å². The van der Waals surface area contributed by atoms with Gasteiger partial charge in [-0.15, -0.1) is 0 Å². The van der Waals surface area contributed by atoms with Crippen molar-refractivity contribution in [2.45, 2.75) is 162 Å². The molecular formula is C78H88Cl2N10O27S2. The van der Waals surface area contributed by atoms with Crippen LogP contribution in [0.1, 0.15) is 110 Å². The summed E-state index contributed by atoms with van der Waals surface area (Å²) in [7, 11) is 0. The number of ether oxygens (including phenoxy) is 7. The average Bonchev–Trinajstić information content (AvgIpc) is 0.768. The number of nitrogens with one attached hydrogen (secondary N) is 8. The van der Waals surface area contributed by atoms with Gasteiger partial charge < -0.3 is 138 Å². The van der Waals surface area contributed by atoms with E-state index in [-0.39, 0.29) is 41.4 Å². The molecule has 7 aliphatic rings. The minimum atomic E-state index is -2.40. The zero-order valence-electron chi connectivity index (χ0n) is 63.8. The largest absolute Gasteiger partial charge is 0.508 e. The summed E-state index contributed by atoms with van der Waals surface area (Å²) in [5.41, 5.74) is 8.44. The average molecular weight is 1730 g/mol. The molecule has 6 aromatic carbocycles. The summed E-state index contributed by atoms with van der Waals surface area (Å²) in [6.45, 7) is 3.07. The van der Waals surface area contributed by atoms with Crippen LogP contribution in [-0.2, 0) is 68.7 Å². The van der Waals surface area contributed by atoms with Gasteiger partial charge >= 0.3 is 5.97 Å². The molecule has 0 aromatic heterocycles. The highest BCUT2D eigenvalue weighted by Crippen LogP contribution is 2.50. The number of carbonyl (C=O) groups is 10. The minimum absolute atomic E-state index is 0.0212. The SMILES string of the molecule is CSCC[C@H](N)C(=O)N[C@H]1C(=O)N[C@@H](CC(N)=O)C(=O)N[C@H]2C(=O)N[C@H]3C(=O)N[C@H](C(=O)N[C@H](C(=O)NCC(=O)O)c4cc(O)cc(O)c4-c4cc3ccc4O)[C@H](O)c3ccc(c(Cl)c3)Oc3cc2cc(c3O[C@@H]2O[C@H](CO)[C@@H](O)[C@H](O)[C@H]2O[C@H]2C[C@](C)(NCc3cccc(OCCCSC(C)=O)c3)[C@H](O)[C@H](C)O2)Oc2ccc(cc2Cl)[C@H]1O. The van der Waals surface area contributed by atoms with Crippen LogP contribution in [0.2, 0.25) is 10.0 Å². The molecule has 41 heteroatoms. The Labute approximate surface area is 696 Å². The number of nitrogens with two attached hydrogens (primary N) is 2. The Kier molecular flexibility index (Phi) is 29.2. The fourth-order valence-corrected chi connectivity index (χ4v) is 15.5. The van der Waals surface area contributed by atoms with Crippen LogP contribution >= 0.6 is 46.7 Å². The lowest BCUT2D eigenvalue weighted by Crippen LogP contribution is -2.65. The van der Waals surface area contributed by atoms with E-state index in [1.807, 2.05) is 6.07 Å². The molecule has 119 heavy (non-hydrogen) atoms. The number of amides is 8. The monoisotopic (exact) mass is 1730 g/mol. The van der Waals surface area contributed by atoms with Crippen LogP contribution in [0.15, 0.2) is 103 Å². The van der Waals surface area contributed by atoms with E-state index in [9.17, 15) is 79.8 Å². The fraction of sp³-hybridized carbons (Fsp3) is 0.410. The molecule has 11 bridgehead atoms. The molecule has 7 heterocycles. The molecule has 37 nitrogen and oxygen atoms in total. The number of halogens is 2. The Morgan fingerprint density at radius 3 is 2.03 bits per heavy atom. The van der Waals surface area contributed by atoms with Crippen molar-refractivity contribution in [3.05, 3.63) is 147 Å². The maximum Gasteiger partial charge on any atom is 0.322 e. The van der Waals surface area contributed by atoms with Gasteiger partial charge in [0.25, 0.3) is 0 Å². The molecule has 638 valence electrons. The van der Waals surface area contributed by atoms with Gasteiger partial charge in [-0.25, -0.2) is 0 Å². The van der Waals surface area contributed by atoms with E-state index >= 15 is 19.2 Å². The molecule has 0 spiro atoms. The Bertz CT molecular complexity index is 4870. The first-order chi connectivity index (χ1) is 56.5. The standard InChI is InChI=1S/C78H88Cl2N10O27S2/c1-32-69(103)78(3,84-29-34-7-5-8-40(19-34)111-16-6-17-119-33(2)92)28-56(112-32)116-68-66(102)65(101)53(31-91)115-77(68)117-67-51-23-38-24-52(67)114-50-14-11-37(22-44(50)80)64(100)62-76(110)88-60(72(106)83-30-55(97)98)42-25-39(93)26-48(95)57(42)41-20-35(9-12-47(41)94)58(73(107)90-62)87-74(108)59(38)86-71(105)46(27-54(82)96)85-75(109)61(89-70(104)45(81)15-18-118-4)63(99)36-10-13-49(113-51)43(79)21-36/h5,7-14,19-26,32,45-46,53,56,58-66,68-69,77,84,91,93-95,99-103H,6,15-18,27-31,81H2,1-4H3,(H2,82,96)(H,83,106)(H,85,109)(H,86,105)(H,87,108)(H,88,110)(H,89,104)(H,90,107)(H,97,98)/t32-,45-,46-,53+,56-,58+,59+,60-,61+,62-,63+,64+,65+,66-,68+,69+,77-,78-/m0/s1. The Balaban J connectivity index is 1.10. The summed E-state index contributed by atoms with van der Waals surface area (Å²) in [6.07, 6.45) is -16.9. The Morgan fingerprint density at radius 2 is 1.38 bits per heavy atom. The number of carboxylic acids is 1. The molecule has 8 amide bonds. The number of hydrogen-bond acceptors (Lipinski definition) is 30. The van der Waals surface area contributed by atoms with Crippen molar-refractivity contribution < 1.29 is 132 Å². The molecule has 0 unspecified atom stereocenters. The molecule has 2 saturated heterocycles. The lowest BCUT2D eigenvalue weighted by molar-refractivity contribution is -0.334. The maximum atomic E-state index is 16.3. The number of aliphatic hydroxyl groups is 6. The molecule has 22 N–H and O–H groups in total. The third-order valence-corrected chi connectivity index (χ3v) is 22.4. The van der Waals surface area contributed by atoms with E-state index in [2.05, 4.69) is 42.5 Å². The molecule has 0 aliphatic carbocycles. The van der Waals surface area contributed by atoms with E-state index in [1.54, 1.807) is 38.3 Å². The highest BCUT2D eigenvalue weighted by atomic mass is 35.5. The maximum absolute atomic E-state index is 16.3. The molecule has 6 aromatic rings. The summed E-state index contributed by atoms with van der Waals surface area (Å²) in [5.74, 6) is -16.2. The molecular weight excluding hydrogens is 1640 g/mol. The second-order valence-corrected chi connectivity index (χ2v) is 31.9. The highest BCUT2D eigenvalue weighted by molar-refractivity contribution is 8.13. The van der Waals surface area contributed by atoms with Crippen molar-refractivity contribution in [2.75, 3.05) is 37.5 Å². The van der Waals surface area contributed by atoms with Gasteiger partial charge in [-0.05, 0) is 139 Å². The predicted octanol–water partition coefficient (Wildman–Crippen LogP) is 1.55. The van der Waals surface area contributed by atoms with Crippen molar-refractivity contribution in [2.24, 2.45) is 11.5 Å². The Hall–Kier alpha value is -10.3. The molecule has 13 rings (SSSR count). The number of phenolic OH excluding ortho intramolecular Hbond substituents is 3. The Morgan fingerprint density at radius 1 is 0.723 bits per heavy atom. The van der Waals surface area contributed by atoms with Crippen LogP contribution in [0.5, 0.6) is 51.7 Å². The van der Waals surface area contributed by atoms with E-state index < -0.39 is 260 Å². The number of aliphatic hydroxyl groups excluding tert-OH is 6. The number of thioether (sulfide) groups is 2. The van der Waals surface area contributed by atoms with Gasteiger partial charge in [-0.2, -0.15) is 11.8 Å². The topological polar surface area (TPSA) is 586 Å². The third kappa shape index (κ3) is 21.1. The first-order valence-electron chi connectivity index (χ1n) is 37.1. The molecule has 0 radical (unpaired) electrons. The van der Waals surface area contributed by atoms with Crippen molar-refractivity contribution in [1.82, 2.24) is 42.5 Å². The van der Waals surface area contributed by atoms with E-state index in [4.69, 9.17) is 67.8 Å². The van der Waals surface area contributed by atoms with Crippen molar-refractivity contribution in [1.29, 1.82) is 0 Å². The quantitative estimate of drug-likeness (QED) is 0.0405. The number of hydrogen-bond donors (Lipinski definition) is 20. The van der Waals surface area contributed by atoms with Crippen LogP contribution < -0.4 is 72.9 Å².